The number of hydrogen-bond donors (Lipinski definition) is 0. The Bertz CT molecular complexity index is 2510. The van der Waals surface area contributed by atoms with E-state index in [0.29, 0.717) is 0 Å². The van der Waals surface area contributed by atoms with E-state index >= 15 is 0 Å². The molecule has 0 fully saturated rings. The summed E-state index contributed by atoms with van der Waals surface area (Å²) in [4.78, 5) is 9.71. The monoisotopic (exact) mass is 795 g/mol. The molecule has 0 bridgehead atoms. The van der Waals surface area contributed by atoms with E-state index in [0.717, 1.165) is 72.3 Å². The van der Waals surface area contributed by atoms with Gasteiger partial charge in [0.15, 0.2) is 0 Å². The van der Waals surface area contributed by atoms with Gasteiger partial charge in [-0.3, -0.25) is 4.98 Å². The van der Waals surface area contributed by atoms with Crippen molar-refractivity contribution in [3.8, 4) is 50.6 Å². The van der Waals surface area contributed by atoms with E-state index in [-0.39, 0.29) is 21.1 Å². The average Bonchev–Trinajstić information content (AvgIpc) is 3.66. The van der Waals surface area contributed by atoms with Crippen LogP contribution in [0.5, 0.6) is 0 Å². The predicted octanol–water partition coefficient (Wildman–Crippen LogP) is 10.3. The summed E-state index contributed by atoms with van der Waals surface area (Å²) in [6, 6.07) is 58.4. The summed E-state index contributed by atoms with van der Waals surface area (Å²) in [7, 11) is 2.07. The van der Waals surface area contributed by atoms with E-state index in [1.165, 1.54) is 11.1 Å². The molecule has 0 aliphatic heterocycles. The minimum atomic E-state index is 0. The van der Waals surface area contributed by atoms with Gasteiger partial charge in [-0.25, -0.2) is 0 Å². The normalized spacial score (nSPS) is 11.3. The summed E-state index contributed by atoms with van der Waals surface area (Å²) in [6.07, 6.45) is 1.83. The Morgan fingerprint density at radius 2 is 1.27 bits per heavy atom. The quantitative estimate of drug-likeness (QED) is 0.163. The Morgan fingerprint density at radius 1 is 0.542 bits per heavy atom. The molecule has 0 aliphatic rings. The standard InChI is InChI=1S/C43H28N4.Pt/c1-46-41-18-9-8-17-39(41)45-43(46)32-19-21-36-37-27-31(29-12-4-2-5-13-29)20-22-40(37)47(42(36)28-32)35-25-33(30-14-6-3-7-15-30)24-34(26-35)38-16-10-11-23-44-38;/h2-25,27H,1H3;/q-2;+2. The fourth-order valence-corrected chi connectivity index (χ4v) is 6.65. The van der Waals surface area contributed by atoms with Gasteiger partial charge in [0.1, 0.15) is 0 Å². The number of imidazole rings is 1. The average molecular weight is 796 g/mol. The molecule has 230 valence electrons. The van der Waals surface area contributed by atoms with Crippen LogP contribution in [0, 0.1) is 12.1 Å². The number of pyridine rings is 1. The summed E-state index contributed by atoms with van der Waals surface area (Å²) >= 11 is 0. The Morgan fingerprint density at radius 3 is 2.02 bits per heavy atom. The fraction of sp³-hybridized carbons (Fsp3) is 0.0233. The van der Waals surface area contributed by atoms with Crippen molar-refractivity contribution in [2.75, 3.05) is 0 Å². The third kappa shape index (κ3) is 5.06. The molecular formula is C43H28N4Pt. The molecule has 0 radical (unpaired) electrons. The van der Waals surface area contributed by atoms with Crippen LogP contribution in [0.1, 0.15) is 0 Å². The van der Waals surface area contributed by atoms with Gasteiger partial charge in [-0.05, 0) is 63.2 Å². The third-order valence-corrected chi connectivity index (χ3v) is 8.95. The molecule has 0 spiro atoms. The molecule has 0 aliphatic carbocycles. The molecule has 0 amide bonds. The molecule has 3 heterocycles. The van der Waals surface area contributed by atoms with Crippen LogP contribution in [-0.4, -0.2) is 19.1 Å². The van der Waals surface area contributed by atoms with Crippen molar-refractivity contribution in [2.45, 2.75) is 0 Å². The van der Waals surface area contributed by atoms with Gasteiger partial charge in [0.2, 0.25) is 0 Å². The van der Waals surface area contributed by atoms with Crippen LogP contribution in [0.3, 0.4) is 0 Å². The van der Waals surface area contributed by atoms with Gasteiger partial charge in [0.25, 0.3) is 0 Å². The number of para-hydroxylation sites is 2. The maximum Gasteiger partial charge on any atom is 2.00 e. The minimum Gasteiger partial charge on any atom is -0.367 e. The van der Waals surface area contributed by atoms with Crippen molar-refractivity contribution in [3.63, 3.8) is 0 Å². The number of aromatic nitrogens is 4. The van der Waals surface area contributed by atoms with Crippen molar-refractivity contribution in [1.29, 1.82) is 0 Å². The van der Waals surface area contributed by atoms with Gasteiger partial charge >= 0.3 is 21.1 Å². The first kappa shape index (κ1) is 29.8. The maximum absolute atomic E-state index is 5.01. The van der Waals surface area contributed by atoms with E-state index in [2.05, 4.69) is 144 Å². The Kier molecular flexibility index (Phi) is 7.59. The first-order valence-electron chi connectivity index (χ1n) is 15.7. The van der Waals surface area contributed by atoms with Gasteiger partial charge in [-0.2, -0.15) is 0 Å². The topological polar surface area (TPSA) is 35.6 Å². The summed E-state index contributed by atoms with van der Waals surface area (Å²) in [5, 5.41) is 2.28. The van der Waals surface area contributed by atoms with Gasteiger partial charge in [-0.1, -0.05) is 108 Å². The number of fused-ring (bicyclic) bond motifs is 4. The number of nitrogens with zero attached hydrogens (tertiary/aromatic N) is 4. The van der Waals surface area contributed by atoms with Gasteiger partial charge < -0.3 is 14.1 Å². The molecule has 4 nitrogen and oxygen atoms in total. The molecule has 5 heteroatoms. The van der Waals surface area contributed by atoms with Crippen LogP contribution >= 0.6 is 0 Å². The SMILES string of the molecule is Cn1c(-c2[c-]c3c(cc2)c2cc(-c4ccccc4)ccc2n3-c2[c-]c(-c3ccccn3)cc(-c3ccccc3)c2)nc2ccccc21.[Pt+2]. The van der Waals surface area contributed by atoms with E-state index in [9.17, 15) is 0 Å². The van der Waals surface area contributed by atoms with Crippen molar-refractivity contribution in [1.82, 2.24) is 19.1 Å². The Labute approximate surface area is 293 Å². The van der Waals surface area contributed by atoms with Gasteiger partial charge in [0.05, 0.1) is 16.9 Å². The number of rotatable bonds is 5. The molecule has 48 heavy (non-hydrogen) atoms. The summed E-state index contributed by atoms with van der Waals surface area (Å²) < 4.78 is 4.44. The van der Waals surface area contributed by atoms with Crippen molar-refractivity contribution in [2.24, 2.45) is 7.05 Å². The summed E-state index contributed by atoms with van der Waals surface area (Å²) in [5.74, 6) is 0.881. The van der Waals surface area contributed by atoms with Crippen molar-refractivity contribution >= 4 is 32.8 Å². The molecule has 0 saturated heterocycles. The second kappa shape index (κ2) is 12.2. The van der Waals surface area contributed by atoms with Gasteiger partial charge in [-0.15, -0.1) is 47.5 Å². The molecule has 0 atom stereocenters. The number of hydrogen-bond acceptors (Lipinski definition) is 2. The third-order valence-electron chi connectivity index (χ3n) is 8.95. The Balaban J connectivity index is 0.00000336. The zero-order chi connectivity index (χ0) is 31.3. The molecule has 0 unspecified atom stereocenters. The van der Waals surface area contributed by atoms with Crippen LogP contribution in [0.4, 0.5) is 0 Å². The molecule has 0 saturated carbocycles. The van der Waals surface area contributed by atoms with E-state index in [4.69, 9.17) is 9.97 Å². The minimum absolute atomic E-state index is 0. The van der Waals surface area contributed by atoms with Crippen molar-refractivity contribution in [3.05, 3.63) is 164 Å². The largest absolute Gasteiger partial charge is 2.00 e. The van der Waals surface area contributed by atoms with E-state index in [1.54, 1.807) is 0 Å². The van der Waals surface area contributed by atoms with Crippen LogP contribution < -0.4 is 0 Å². The van der Waals surface area contributed by atoms with Crippen LogP contribution in [0.2, 0.25) is 0 Å². The number of aryl methyl sites for hydroxylation is 1. The molecule has 3 aromatic heterocycles. The first-order chi connectivity index (χ1) is 23.2. The molecule has 9 aromatic rings. The molecule has 6 aromatic carbocycles. The summed E-state index contributed by atoms with van der Waals surface area (Å²) in [5.41, 5.74) is 12.4. The number of benzene rings is 6. The molecule has 9 rings (SSSR count). The van der Waals surface area contributed by atoms with E-state index < -0.39 is 0 Å². The van der Waals surface area contributed by atoms with E-state index in [1.807, 2.05) is 36.5 Å². The van der Waals surface area contributed by atoms with Crippen molar-refractivity contribution < 1.29 is 21.1 Å². The second-order valence-corrected chi connectivity index (χ2v) is 11.8. The van der Waals surface area contributed by atoms with Crippen LogP contribution in [-0.2, 0) is 28.1 Å². The maximum atomic E-state index is 5.01. The smallest absolute Gasteiger partial charge is 0.367 e. The summed E-state index contributed by atoms with van der Waals surface area (Å²) in [6.45, 7) is 0. The van der Waals surface area contributed by atoms with Crippen LogP contribution in [0.15, 0.2) is 152 Å². The van der Waals surface area contributed by atoms with Crippen LogP contribution in [0.25, 0.3) is 83.4 Å². The Hall–Kier alpha value is -5.57. The zero-order valence-electron chi connectivity index (χ0n) is 26.0. The van der Waals surface area contributed by atoms with Gasteiger partial charge in [0, 0.05) is 18.8 Å². The predicted molar refractivity (Wildman–Crippen MR) is 192 cm³/mol. The fourth-order valence-electron chi connectivity index (χ4n) is 6.65. The molecular weight excluding hydrogens is 768 g/mol. The zero-order valence-corrected chi connectivity index (χ0v) is 28.3. The second-order valence-electron chi connectivity index (χ2n) is 11.8. The first-order valence-corrected chi connectivity index (χ1v) is 15.7. The molecule has 0 N–H and O–H groups in total.